The van der Waals surface area contributed by atoms with Crippen LogP contribution >= 0.6 is 11.6 Å². The number of hydrogen-bond acceptors (Lipinski definition) is 3. The number of rotatable bonds is 4. The number of benzene rings is 2. The van der Waals surface area contributed by atoms with Crippen LogP contribution in [0, 0.1) is 19.7 Å². The molecule has 0 N–H and O–H groups in total. The lowest BCUT2D eigenvalue weighted by molar-refractivity contribution is 0.0314. The molecular weight excluding hydrogens is 319 g/mol. The molecule has 3 nitrogen and oxygen atoms in total. The monoisotopic (exact) mass is 334 g/mol. The average Bonchev–Trinajstić information content (AvgIpc) is 2.49. The van der Waals surface area contributed by atoms with Gasteiger partial charge in [0.15, 0.2) is 6.10 Å². The molecule has 2 aromatic rings. The maximum Gasteiger partial charge on any atom is 0.343 e. The highest BCUT2D eigenvalue weighted by molar-refractivity contribution is 6.33. The average molecular weight is 335 g/mol. The summed E-state index contributed by atoms with van der Waals surface area (Å²) in [7, 11) is 0. The van der Waals surface area contributed by atoms with Gasteiger partial charge in [-0.25, -0.2) is 9.18 Å². The van der Waals surface area contributed by atoms with E-state index in [-0.39, 0.29) is 16.4 Å². The fourth-order valence-electron chi connectivity index (χ4n) is 2.10. The number of carbonyl (C=O) groups excluding carboxylic acids is 2. The first-order valence-electron chi connectivity index (χ1n) is 7.07. The molecule has 0 saturated carbocycles. The number of hydrogen-bond donors (Lipinski definition) is 0. The van der Waals surface area contributed by atoms with Crippen LogP contribution in [0.1, 0.15) is 38.8 Å². The van der Waals surface area contributed by atoms with E-state index in [0.29, 0.717) is 5.56 Å². The van der Waals surface area contributed by atoms with Crippen LogP contribution in [0.25, 0.3) is 0 Å². The van der Waals surface area contributed by atoms with Gasteiger partial charge in [0.1, 0.15) is 11.4 Å². The first-order chi connectivity index (χ1) is 10.8. The Hall–Kier alpha value is -2.20. The smallest absolute Gasteiger partial charge is 0.343 e. The van der Waals surface area contributed by atoms with Crippen LogP contribution < -0.4 is 0 Å². The van der Waals surface area contributed by atoms with Gasteiger partial charge in [-0.2, -0.15) is 0 Å². The largest absolute Gasteiger partial charge is 0.451 e. The Kier molecular flexibility index (Phi) is 5.16. The minimum absolute atomic E-state index is 0.0548. The summed E-state index contributed by atoms with van der Waals surface area (Å²) in [6.07, 6.45) is -1.04. The van der Waals surface area contributed by atoms with Gasteiger partial charge in [0.2, 0.25) is 5.78 Å². The topological polar surface area (TPSA) is 43.4 Å². The van der Waals surface area contributed by atoms with Gasteiger partial charge >= 0.3 is 5.97 Å². The third-order valence-corrected chi connectivity index (χ3v) is 3.93. The molecule has 0 aliphatic rings. The number of carbonyl (C=O) groups is 2. The summed E-state index contributed by atoms with van der Waals surface area (Å²) < 4.78 is 18.8. The van der Waals surface area contributed by atoms with Crippen molar-refractivity contribution in [3.8, 4) is 0 Å². The summed E-state index contributed by atoms with van der Waals surface area (Å²) >= 11 is 5.82. The first kappa shape index (κ1) is 17.2. The van der Waals surface area contributed by atoms with Crippen molar-refractivity contribution in [2.75, 3.05) is 0 Å². The summed E-state index contributed by atoms with van der Waals surface area (Å²) in [5.41, 5.74) is 2.10. The zero-order chi connectivity index (χ0) is 17.1. The van der Waals surface area contributed by atoms with Crippen LogP contribution in [0.2, 0.25) is 5.02 Å². The number of ether oxygens (including phenoxy) is 1. The molecule has 5 heteroatoms. The fourth-order valence-corrected chi connectivity index (χ4v) is 2.34. The van der Waals surface area contributed by atoms with Gasteiger partial charge in [-0.3, -0.25) is 4.79 Å². The Morgan fingerprint density at radius 1 is 1.13 bits per heavy atom. The van der Waals surface area contributed by atoms with Crippen LogP contribution in [0.5, 0.6) is 0 Å². The van der Waals surface area contributed by atoms with E-state index in [0.717, 1.165) is 17.2 Å². The number of aryl methyl sites for hydroxylation is 2. The molecule has 0 aromatic heterocycles. The van der Waals surface area contributed by atoms with Crippen LogP contribution in [-0.4, -0.2) is 17.9 Å². The van der Waals surface area contributed by atoms with E-state index < -0.39 is 17.9 Å². The van der Waals surface area contributed by atoms with E-state index in [1.165, 1.54) is 19.1 Å². The highest BCUT2D eigenvalue weighted by atomic mass is 35.5. The molecule has 0 aliphatic heterocycles. The van der Waals surface area contributed by atoms with Gasteiger partial charge in [0, 0.05) is 5.56 Å². The standard InChI is InChI=1S/C18H16ClFO3/c1-10-7-8-13(9-11(10)2)17(21)12(3)23-18(22)16-14(19)5-4-6-15(16)20/h4-9,12H,1-3H3/t12-/m1/s1. The predicted octanol–water partition coefficient (Wildman–Crippen LogP) is 4.52. The van der Waals surface area contributed by atoms with Crippen LogP contribution in [0.3, 0.4) is 0 Å². The second-order valence-corrected chi connectivity index (χ2v) is 5.71. The molecule has 2 rings (SSSR count). The maximum atomic E-state index is 13.7. The van der Waals surface area contributed by atoms with Crippen molar-refractivity contribution >= 4 is 23.4 Å². The van der Waals surface area contributed by atoms with E-state index >= 15 is 0 Å². The third-order valence-electron chi connectivity index (χ3n) is 3.61. The highest BCUT2D eigenvalue weighted by Gasteiger charge is 2.24. The van der Waals surface area contributed by atoms with E-state index in [2.05, 4.69) is 0 Å². The summed E-state index contributed by atoms with van der Waals surface area (Å²) in [4.78, 5) is 24.4. The molecule has 0 radical (unpaired) electrons. The van der Waals surface area contributed by atoms with Crippen LogP contribution in [-0.2, 0) is 4.74 Å². The quantitative estimate of drug-likeness (QED) is 0.609. The molecule has 120 valence electrons. The summed E-state index contributed by atoms with van der Waals surface area (Å²) in [6, 6.07) is 9.11. The zero-order valence-electron chi connectivity index (χ0n) is 13.0. The highest BCUT2D eigenvalue weighted by Crippen LogP contribution is 2.21. The molecule has 0 heterocycles. The maximum absolute atomic E-state index is 13.7. The summed E-state index contributed by atoms with van der Waals surface area (Å²) in [6.45, 7) is 5.28. The molecule has 2 aromatic carbocycles. The van der Waals surface area contributed by atoms with Gasteiger partial charge in [0.25, 0.3) is 0 Å². The molecule has 0 spiro atoms. The van der Waals surface area contributed by atoms with Crippen molar-refractivity contribution < 1.29 is 18.7 Å². The van der Waals surface area contributed by atoms with Crippen molar-refractivity contribution in [3.05, 3.63) is 69.5 Å². The van der Waals surface area contributed by atoms with Crippen molar-refractivity contribution in [1.82, 2.24) is 0 Å². The first-order valence-corrected chi connectivity index (χ1v) is 7.45. The normalized spacial score (nSPS) is 11.9. The van der Waals surface area contributed by atoms with E-state index in [1.807, 2.05) is 19.9 Å². The number of Topliss-reactive ketones (excluding diaryl/α,β-unsaturated/α-hetero) is 1. The molecular formula is C18H16ClFO3. The van der Waals surface area contributed by atoms with Gasteiger partial charge < -0.3 is 4.74 Å². The van der Waals surface area contributed by atoms with Gasteiger partial charge in [0.05, 0.1) is 5.02 Å². The van der Waals surface area contributed by atoms with E-state index in [1.54, 1.807) is 12.1 Å². The minimum atomic E-state index is -1.04. The molecule has 0 bridgehead atoms. The fraction of sp³-hybridized carbons (Fsp3) is 0.222. The molecule has 0 aliphatic carbocycles. The SMILES string of the molecule is Cc1ccc(C(=O)[C@@H](C)OC(=O)c2c(F)cccc2Cl)cc1C. The Morgan fingerprint density at radius 2 is 1.83 bits per heavy atom. The van der Waals surface area contributed by atoms with Crippen molar-refractivity contribution in [2.24, 2.45) is 0 Å². The van der Waals surface area contributed by atoms with Gasteiger partial charge in [-0.15, -0.1) is 0 Å². The summed E-state index contributed by atoms with van der Waals surface area (Å²) in [5, 5.41) is -0.0548. The lowest BCUT2D eigenvalue weighted by atomic mass is 10.0. The molecule has 0 saturated heterocycles. The molecule has 0 amide bonds. The van der Waals surface area contributed by atoms with Crippen LogP contribution in [0.15, 0.2) is 36.4 Å². The Balaban J connectivity index is 2.17. The Morgan fingerprint density at radius 3 is 2.43 bits per heavy atom. The second-order valence-electron chi connectivity index (χ2n) is 5.31. The molecule has 0 fully saturated rings. The predicted molar refractivity (Wildman–Crippen MR) is 86.5 cm³/mol. The van der Waals surface area contributed by atoms with E-state index in [9.17, 15) is 14.0 Å². The summed E-state index contributed by atoms with van der Waals surface area (Å²) in [5.74, 6) is -2.10. The number of esters is 1. The lowest BCUT2D eigenvalue weighted by Crippen LogP contribution is -2.25. The molecule has 23 heavy (non-hydrogen) atoms. The van der Waals surface area contributed by atoms with Crippen molar-refractivity contribution in [1.29, 1.82) is 0 Å². The Labute approximate surface area is 139 Å². The molecule has 1 atom stereocenters. The Bertz CT molecular complexity index is 751. The lowest BCUT2D eigenvalue weighted by Gasteiger charge is -2.14. The van der Waals surface area contributed by atoms with Crippen LogP contribution in [0.4, 0.5) is 4.39 Å². The minimum Gasteiger partial charge on any atom is -0.451 e. The van der Waals surface area contributed by atoms with Crippen molar-refractivity contribution in [3.63, 3.8) is 0 Å². The van der Waals surface area contributed by atoms with Gasteiger partial charge in [-0.1, -0.05) is 29.8 Å². The zero-order valence-corrected chi connectivity index (χ0v) is 13.8. The molecule has 0 unspecified atom stereocenters. The third kappa shape index (κ3) is 3.77. The number of halogens is 2. The van der Waals surface area contributed by atoms with Crippen molar-refractivity contribution in [2.45, 2.75) is 26.9 Å². The number of ketones is 1. The van der Waals surface area contributed by atoms with Gasteiger partial charge in [-0.05, 0) is 50.1 Å². The second kappa shape index (κ2) is 6.92. The van der Waals surface area contributed by atoms with E-state index in [4.69, 9.17) is 16.3 Å².